The molecule has 0 aliphatic heterocycles. The third-order valence-electron chi connectivity index (χ3n) is 3.87. The molecule has 4 rings (SSSR count). The van der Waals surface area contributed by atoms with Crippen LogP contribution in [0.25, 0.3) is 33.8 Å². The lowest BCUT2D eigenvalue weighted by molar-refractivity contribution is 1.24. The molecular formula is C21H14BrN3. The second-order valence-corrected chi connectivity index (χ2v) is 6.51. The molecule has 0 amide bonds. The molecule has 25 heavy (non-hydrogen) atoms. The summed E-state index contributed by atoms with van der Waals surface area (Å²) in [5, 5.41) is 0. The predicted octanol–water partition coefficient (Wildman–Crippen LogP) is 5.64. The van der Waals surface area contributed by atoms with E-state index in [9.17, 15) is 0 Å². The van der Waals surface area contributed by atoms with Gasteiger partial charge in [0.1, 0.15) is 0 Å². The summed E-state index contributed by atoms with van der Waals surface area (Å²) in [7, 11) is 0. The maximum atomic E-state index is 4.81. The first-order chi connectivity index (χ1) is 12.3. The fourth-order valence-electron chi connectivity index (χ4n) is 2.67. The van der Waals surface area contributed by atoms with Crippen molar-refractivity contribution in [3.63, 3.8) is 0 Å². The second-order valence-electron chi connectivity index (χ2n) is 5.59. The Morgan fingerprint density at radius 3 is 2.28 bits per heavy atom. The van der Waals surface area contributed by atoms with Gasteiger partial charge in [0, 0.05) is 28.6 Å². The highest BCUT2D eigenvalue weighted by Gasteiger charge is 2.09. The minimum atomic E-state index is 0.844. The lowest BCUT2D eigenvalue weighted by atomic mass is 10.0. The average Bonchev–Trinajstić information content (AvgIpc) is 2.69. The largest absolute Gasteiger partial charge is 0.264 e. The first-order valence-corrected chi connectivity index (χ1v) is 8.69. The molecule has 4 heteroatoms. The molecule has 0 saturated heterocycles. The van der Waals surface area contributed by atoms with Crippen LogP contribution in [0.3, 0.4) is 0 Å². The number of hydrogen-bond donors (Lipinski definition) is 0. The van der Waals surface area contributed by atoms with Crippen LogP contribution >= 0.6 is 15.9 Å². The highest BCUT2D eigenvalue weighted by atomic mass is 79.9. The van der Waals surface area contributed by atoms with Crippen molar-refractivity contribution in [2.24, 2.45) is 0 Å². The van der Waals surface area contributed by atoms with Gasteiger partial charge in [0.25, 0.3) is 0 Å². The van der Waals surface area contributed by atoms with E-state index in [0.717, 1.165) is 38.2 Å². The lowest BCUT2D eigenvalue weighted by Crippen LogP contribution is -1.93. The summed E-state index contributed by atoms with van der Waals surface area (Å²) in [5.74, 6) is 0. The number of aromatic nitrogens is 3. The van der Waals surface area contributed by atoms with Gasteiger partial charge in [0.2, 0.25) is 0 Å². The van der Waals surface area contributed by atoms with Crippen molar-refractivity contribution in [3.8, 4) is 33.8 Å². The van der Waals surface area contributed by atoms with Crippen molar-refractivity contribution in [1.29, 1.82) is 0 Å². The number of halogens is 1. The Morgan fingerprint density at radius 1 is 0.640 bits per heavy atom. The minimum absolute atomic E-state index is 0.844. The van der Waals surface area contributed by atoms with Crippen molar-refractivity contribution in [2.45, 2.75) is 0 Å². The van der Waals surface area contributed by atoms with E-state index in [2.05, 4.69) is 50.2 Å². The SMILES string of the molecule is Brc1cccc(-c2cc(-c3cccnc3)nc(-c3ccccn3)c2)c1. The molecule has 0 radical (unpaired) electrons. The zero-order valence-electron chi connectivity index (χ0n) is 13.3. The molecule has 0 atom stereocenters. The molecule has 3 aromatic heterocycles. The number of nitrogens with zero attached hydrogens (tertiary/aromatic N) is 3. The number of benzene rings is 1. The van der Waals surface area contributed by atoms with Crippen LogP contribution in [0.2, 0.25) is 0 Å². The van der Waals surface area contributed by atoms with Crippen LogP contribution in [0.1, 0.15) is 0 Å². The Hall–Kier alpha value is -2.85. The zero-order chi connectivity index (χ0) is 17.1. The lowest BCUT2D eigenvalue weighted by Gasteiger charge is -2.10. The first kappa shape index (κ1) is 15.7. The Bertz CT molecular complexity index is 944. The van der Waals surface area contributed by atoms with Crippen LogP contribution in [-0.4, -0.2) is 15.0 Å². The predicted molar refractivity (Wildman–Crippen MR) is 104 cm³/mol. The molecule has 0 spiro atoms. The molecular weight excluding hydrogens is 374 g/mol. The molecule has 120 valence electrons. The van der Waals surface area contributed by atoms with Gasteiger partial charge in [-0.2, -0.15) is 0 Å². The Morgan fingerprint density at radius 2 is 1.52 bits per heavy atom. The number of hydrogen-bond acceptors (Lipinski definition) is 3. The molecule has 0 N–H and O–H groups in total. The standard InChI is InChI=1S/C21H14BrN3/c22-18-7-3-5-15(11-18)17-12-20(16-6-4-9-23-14-16)25-21(13-17)19-8-1-2-10-24-19/h1-14H. The van der Waals surface area contributed by atoms with E-state index in [1.165, 1.54) is 0 Å². The summed E-state index contributed by atoms with van der Waals surface area (Å²) in [6.45, 7) is 0. The molecule has 0 unspecified atom stereocenters. The van der Waals surface area contributed by atoms with Crippen LogP contribution in [0.4, 0.5) is 0 Å². The van der Waals surface area contributed by atoms with E-state index in [0.29, 0.717) is 0 Å². The molecule has 0 saturated carbocycles. The van der Waals surface area contributed by atoms with Crippen LogP contribution < -0.4 is 0 Å². The molecule has 3 nitrogen and oxygen atoms in total. The number of rotatable bonds is 3. The normalized spacial score (nSPS) is 10.6. The monoisotopic (exact) mass is 387 g/mol. The highest BCUT2D eigenvalue weighted by Crippen LogP contribution is 2.30. The van der Waals surface area contributed by atoms with Crippen LogP contribution in [-0.2, 0) is 0 Å². The van der Waals surface area contributed by atoms with Gasteiger partial charge >= 0.3 is 0 Å². The number of pyridine rings is 3. The van der Waals surface area contributed by atoms with E-state index in [-0.39, 0.29) is 0 Å². The first-order valence-electron chi connectivity index (χ1n) is 7.89. The van der Waals surface area contributed by atoms with Crippen molar-refractivity contribution in [3.05, 3.63) is 89.8 Å². The summed E-state index contributed by atoms with van der Waals surface area (Å²) >= 11 is 3.55. The fraction of sp³-hybridized carbons (Fsp3) is 0. The Balaban J connectivity index is 1.92. The topological polar surface area (TPSA) is 38.7 Å². The Kier molecular flexibility index (Phi) is 4.36. The van der Waals surface area contributed by atoms with Crippen LogP contribution in [0.5, 0.6) is 0 Å². The zero-order valence-corrected chi connectivity index (χ0v) is 14.9. The second kappa shape index (κ2) is 6.95. The van der Waals surface area contributed by atoms with E-state index < -0.39 is 0 Å². The van der Waals surface area contributed by atoms with Gasteiger partial charge in [-0.05, 0) is 59.7 Å². The van der Waals surface area contributed by atoms with Crippen LogP contribution in [0.15, 0.2) is 89.8 Å². The summed E-state index contributed by atoms with van der Waals surface area (Å²) in [6.07, 6.45) is 5.38. The summed E-state index contributed by atoms with van der Waals surface area (Å²) in [6, 6.07) is 22.2. The highest BCUT2D eigenvalue weighted by molar-refractivity contribution is 9.10. The van der Waals surface area contributed by atoms with Gasteiger partial charge in [0.15, 0.2) is 0 Å². The van der Waals surface area contributed by atoms with Gasteiger partial charge in [-0.15, -0.1) is 0 Å². The van der Waals surface area contributed by atoms with Gasteiger partial charge in [0.05, 0.1) is 17.1 Å². The smallest absolute Gasteiger partial charge is 0.0899 e. The van der Waals surface area contributed by atoms with Gasteiger partial charge < -0.3 is 0 Å². The van der Waals surface area contributed by atoms with E-state index in [4.69, 9.17) is 4.98 Å². The van der Waals surface area contributed by atoms with Crippen LogP contribution in [0, 0.1) is 0 Å². The third kappa shape index (κ3) is 3.49. The third-order valence-corrected chi connectivity index (χ3v) is 4.36. The van der Waals surface area contributed by atoms with Gasteiger partial charge in [-0.1, -0.05) is 34.1 Å². The molecule has 0 aliphatic carbocycles. The molecule has 1 aromatic carbocycles. The van der Waals surface area contributed by atoms with Gasteiger partial charge in [-0.25, -0.2) is 4.98 Å². The summed E-state index contributed by atoms with van der Waals surface area (Å²) < 4.78 is 1.05. The maximum Gasteiger partial charge on any atom is 0.0899 e. The van der Waals surface area contributed by atoms with Gasteiger partial charge in [-0.3, -0.25) is 9.97 Å². The molecule has 0 bridgehead atoms. The summed E-state index contributed by atoms with van der Waals surface area (Å²) in [4.78, 5) is 13.5. The fourth-order valence-corrected chi connectivity index (χ4v) is 3.07. The average molecular weight is 388 g/mol. The van der Waals surface area contributed by atoms with E-state index in [1.54, 1.807) is 12.4 Å². The molecule has 4 aromatic rings. The minimum Gasteiger partial charge on any atom is -0.264 e. The van der Waals surface area contributed by atoms with E-state index >= 15 is 0 Å². The molecule has 0 aliphatic rings. The van der Waals surface area contributed by atoms with Crippen molar-refractivity contribution < 1.29 is 0 Å². The Labute approximate surface area is 154 Å². The molecule has 3 heterocycles. The van der Waals surface area contributed by atoms with Crippen molar-refractivity contribution in [2.75, 3.05) is 0 Å². The summed E-state index contributed by atoms with van der Waals surface area (Å²) in [5.41, 5.74) is 5.78. The molecule has 0 fully saturated rings. The van der Waals surface area contributed by atoms with Crippen molar-refractivity contribution >= 4 is 15.9 Å². The maximum absolute atomic E-state index is 4.81. The van der Waals surface area contributed by atoms with E-state index in [1.807, 2.05) is 48.7 Å². The quantitative estimate of drug-likeness (QED) is 0.456. The van der Waals surface area contributed by atoms with Crippen molar-refractivity contribution in [1.82, 2.24) is 15.0 Å².